The third kappa shape index (κ3) is 3.97. The summed E-state index contributed by atoms with van der Waals surface area (Å²) in [5, 5.41) is 3.43. The van der Waals surface area contributed by atoms with E-state index in [9.17, 15) is 17.6 Å². The van der Waals surface area contributed by atoms with Crippen LogP contribution in [0.2, 0.25) is 5.02 Å². The SMILES string of the molecule is O=C(NCC1(c2ccc(Cl)cc2)CC1)c1ccc(S(=O)(=O)Cl)c(F)c1. The van der Waals surface area contributed by atoms with Gasteiger partial charge in [0.2, 0.25) is 0 Å². The van der Waals surface area contributed by atoms with Crippen LogP contribution in [-0.2, 0) is 14.5 Å². The number of carbonyl (C=O) groups is 1. The summed E-state index contributed by atoms with van der Waals surface area (Å²) in [6.45, 7) is 0.407. The summed E-state index contributed by atoms with van der Waals surface area (Å²) in [6.07, 6.45) is 1.87. The number of benzene rings is 2. The Morgan fingerprint density at radius 2 is 1.80 bits per heavy atom. The van der Waals surface area contributed by atoms with Gasteiger partial charge in [-0.25, -0.2) is 12.8 Å². The number of amides is 1. The normalized spacial score (nSPS) is 15.6. The van der Waals surface area contributed by atoms with Gasteiger partial charge < -0.3 is 5.32 Å². The minimum Gasteiger partial charge on any atom is -0.351 e. The minimum absolute atomic E-state index is 0.0356. The fourth-order valence-corrected chi connectivity index (χ4v) is 3.74. The highest BCUT2D eigenvalue weighted by Crippen LogP contribution is 2.47. The standard InChI is InChI=1S/C17H14Cl2FNO3S/c18-13-4-2-12(3-5-13)17(7-8-17)10-21-16(22)11-1-6-15(14(20)9-11)25(19,23)24/h1-6,9H,7-8,10H2,(H,21,22). The van der Waals surface area contributed by atoms with E-state index in [0.717, 1.165) is 30.5 Å². The van der Waals surface area contributed by atoms with Gasteiger partial charge in [0.1, 0.15) is 10.7 Å². The predicted molar refractivity (Wildman–Crippen MR) is 94.1 cm³/mol. The lowest BCUT2D eigenvalue weighted by molar-refractivity contribution is 0.0949. The topological polar surface area (TPSA) is 63.2 Å². The van der Waals surface area contributed by atoms with Gasteiger partial charge in [-0.2, -0.15) is 0 Å². The molecule has 2 aromatic carbocycles. The van der Waals surface area contributed by atoms with Crippen molar-refractivity contribution in [2.45, 2.75) is 23.2 Å². The van der Waals surface area contributed by atoms with E-state index in [0.29, 0.717) is 11.6 Å². The van der Waals surface area contributed by atoms with Gasteiger partial charge >= 0.3 is 0 Å². The molecule has 2 aromatic rings. The second-order valence-electron chi connectivity index (χ2n) is 6.05. The summed E-state index contributed by atoms with van der Waals surface area (Å²) >= 11 is 5.89. The van der Waals surface area contributed by atoms with Crippen LogP contribution in [-0.4, -0.2) is 20.9 Å². The highest BCUT2D eigenvalue weighted by atomic mass is 35.7. The van der Waals surface area contributed by atoms with E-state index in [1.807, 2.05) is 12.1 Å². The molecular formula is C17H14Cl2FNO3S. The second kappa shape index (κ2) is 6.59. The van der Waals surface area contributed by atoms with Crippen LogP contribution in [0, 0.1) is 5.82 Å². The molecule has 1 amide bonds. The Balaban J connectivity index is 1.71. The molecule has 1 fully saturated rings. The maximum Gasteiger partial charge on any atom is 0.264 e. The molecule has 4 nitrogen and oxygen atoms in total. The van der Waals surface area contributed by atoms with E-state index < -0.39 is 25.7 Å². The molecule has 3 rings (SSSR count). The zero-order valence-corrected chi connectivity index (χ0v) is 15.3. The second-order valence-corrected chi connectivity index (χ2v) is 9.02. The van der Waals surface area contributed by atoms with Gasteiger partial charge in [0, 0.05) is 33.2 Å². The van der Waals surface area contributed by atoms with Gasteiger partial charge in [-0.15, -0.1) is 0 Å². The molecule has 132 valence electrons. The third-order valence-corrected chi connectivity index (χ3v) is 5.96. The molecule has 0 radical (unpaired) electrons. The Labute approximate surface area is 154 Å². The zero-order valence-electron chi connectivity index (χ0n) is 12.9. The molecule has 8 heteroatoms. The van der Waals surface area contributed by atoms with E-state index in [4.69, 9.17) is 22.3 Å². The van der Waals surface area contributed by atoms with Gasteiger partial charge in [0.25, 0.3) is 15.0 Å². The monoisotopic (exact) mass is 401 g/mol. The predicted octanol–water partition coefficient (Wildman–Crippen LogP) is 3.87. The van der Waals surface area contributed by atoms with Crippen molar-refractivity contribution in [1.29, 1.82) is 0 Å². The van der Waals surface area contributed by atoms with Crippen molar-refractivity contribution in [2.75, 3.05) is 6.54 Å². The lowest BCUT2D eigenvalue weighted by atomic mass is 9.96. The number of halogens is 3. The van der Waals surface area contributed by atoms with Crippen molar-refractivity contribution in [2.24, 2.45) is 0 Å². The van der Waals surface area contributed by atoms with Crippen LogP contribution in [0.25, 0.3) is 0 Å². The van der Waals surface area contributed by atoms with Crippen molar-refractivity contribution in [3.8, 4) is 0 Å². The number of hydrogen-bond donors (Lipinski definition) is 1. The first-order valence-electron chi connectivity index (χ1n) is 7.50. The molecule has 25 heavy (non-hydrogen) atoms. The van der Waals surface area contributed by atoms with E-state index in [1.54, 1.807) is 12.1 Å². The highest BCUT2D eigenvalue weighted by molar-refractivity contribution is 8.13. The van der Waals surface area contributed by atoms with E-state index in [1.165, 1.54) is 6.07 Å². The Morgan fingerprint density at radius 3 is 2.32 bits per heavy atom. The molecule has 1 N–H and O–H groups in total. The van der Waals surface area contributed by atoms with E-state index >= 15 is 0 Å². The molecule has 0 unspecified atom stereocenters. The van der Waals surface area contributed by atoms with Crippen LogP contribution >= 0.6 is 22.3 Å². The largest absolute Gasteiger partial charge is 0.351 e. The van der Waals surface area contributed by atoms with Crippen LogP contribution in [0.1, 0.15) is 28.8 Å². The average molecular weight is 402 g/mol. The summed E-state index contributed by atoms with van der Waals surface area (Å²) < 4.78 is 36.2. The van der Waals surface area contributed by atoms with Crippen molar-refractivity contribution in [1.82, 2.24) is 5.32 Å². The summed E-state index contributed by atoms with van der Waals surface area (Å²) in [4.78, 5) is 11.6. The molecule has 0 heterocycles. The average Bonchev–Trinajstić information content (AvgIpc) is 3.33. The summed E-state index contributed by atoms with van der Waals surface area (Å²) in [6, 6.07) is 10.6. The van der Waals surface area contributed by atoms with Crippen LogP contribution in [0.4, 0.5) is 4.39 Å². The molecular weight excluding hydrogens is 388 g/mol. The van der Waals surface area contributed by atoms with Gasteiger partial charge in [-0.05, 0) is 48.7 Å². The van der Waals surface area contributed by atoms with Gasteiger partial charge in [-0.1, -0.05) is 23.7 Å². The molecule has 1 aliphatic carbocycles. The number of rotatable bonds is 5. The van der Waals surface area contributed by atoms with E-state index in [2.05, 4.69) is 5.32 Å². The van der Waals surface area contributed by atoms with Crippen LogP contribution < -0.4 is 5.32 Å². The number of hydrogen-bond acceptors (Lipinski definition) is 3. The van der Waals surface area contributed by atoms with Crippen LogP contribution in [0.5, 0.6) is 0 Å². The maximum atomic E-state index is 13.8. The van der Waals surface area contributed by atoms with Gasteiger partial charge in [0.05, 0.1) is 0 Å². The molecule has 1 aliphatic rings. The Kier molecular flexibility index (Phi) is 4.79. The molecule has 0 atom stereocenters. The third-order valence-electron chi connectivity index (χ3n) is 4.35. The van der Waals surface area contributed by atoms with Crippen molar-refractivity contribution in [3.63, 3.8) is 0 Å². The van der Waals surface area contributed by atoms with Gasteiger partial charge in [0.15, 0.2) is 0 Å². The quantitative estimate of drug-likeness (QED) is 0.773. The van der Waals surface area contributed by atoms with Crippen LogP contribution in [0.3, 0.4) is 0 Å². The van der Waals surface area contributed by atoms with Crippen LogP contribution in [0.15, 0.2) is 47.4 Å². The molecule has 1 saturated carbocycles. The fourth-order valence-electron chi connectivity index (χ4n) is 2.71. The summed E-state index contributed by atoms with van der Waals surface area (Å²) in [5.74, 6) is -1.53. The van der Waals surface area contributed by atoms with E-state index in [-0.39, 0.29) is 11.0 Å². The fraction of sp³-hybridized carbons (Fsp3) is 0.235. The molecule has 0 aliphatic heterocycles. The first-order valence-corrected chi connectivity index (χ1v) is 10.2. The smallest absolute Gasteiger partial charge is 0.264 e. The van der Waals surface area contributed by atoms with Crippen molar-refractivity contribution >= 4 is 37.2 Å². The summed E-state index contributed by atoms with van der Waals surface area (Å²) in [5.41, 5.74) is 0.999. The summed E-state index contributed by atoms with van der Waals surface area (Å²) in [7, 11) is 0.940. The minimum atomic E-state index is -4.19. The lowest BCUT2D eigenvalue weighted by Crippen LogP contribution is -2.32. The number of carbonyl (C=O) groups excluding carboxylic acids is 1. The number of nitrogens with one attached hydrogen (secondary N) is 1. The van der Waals surface area contributed by atoms with Gasteiger partial charge in [-0.3, -0.25) is 4.79 Å². The lowest BCUT2D eigenvalue weighted by Gasteiger charge is -2.17. The first-order chi connectivity index (χ1) is 11.7. The Morgan fingerprint density at radius 1 is 1.16 bits per heavy atom. The Hall–Kier alpha value is -1.63. The molecule has 0 aromatic heterocycles. The maximum absolute atomic E-state index is 13.8. The molecule has 0 bridgehead atoms. The van der Waals surface area contributed by atoms with Crippen molar-refractivity contribution < 1.29 is 17.6 Å². The first kappa shape index (κ1) is 18.2. The highest BCUT2D eigenvalue weighted by Gasteiger charge is 2.44. The molecule has 0 saturated heterocycles. The zero-order chi connectivity index (χ0) is 18.2. The van der Waals surface area contributed by atoms with Crippen molar-refractivity contribution in [3.05, 3.63) is 64.4 Å². The molecule has 0 spiro atoms. The Bertz CT molecular complexity index is 925.